The van der Waals surface area contributed by atoms with Crippen molar-refractivity contribution in [2.75, 3.05) is 26.3 Å². The number of amides is 2. The minimum Gasteiger partial charge on any atom is -0.465 e. The number of hydrogen-bond donors (Lipinski definition) is 2. The lowest BCUT2D eigenvalue weighted by molar-refractivity contribution is -0.150. The molecule has 0 spiro atoms. The number of carbonyl (C=O) groups excluding carboxylic acids is 4. The van der Waals surface area contributed by atoms with Crippen LogP contribution in [-0.2, 0) is 28.7 Å². The van der Waals surface area contributed by atoms with Crippen molar-refractivity contribution in [3.8, 4) is 0 Å². The van der Waals surface area contributed by atoms with Gasteiger partial charge in [0.05, 0.1) is 31.6 Å². The molecule has 48 heavy (non-hydrogen) atoms. The van der Waals surface area contributed by atoms with Crippen molar-refractivity contribution < 1.29 is 28.7 Å². The molecule has 0 radical (unpaired) electrons. The predicted molar refractivity (Wildman–Crippen MR) is 198 cm³/mol. The standard InChI is InChI=1S/C40H76N2O6/c1-5-9-12-14-15-21-29-36(28-20-13-10-6-2)40(46)48-32-24-17-16-23-31-41-38(44)34-42-37(43)30-22-18-25-33-47-39(45)35(26-8-4)27-19-11-7-3/h35-36H,5-34H2,1-4H3,(H,41,44)(H,42,43). The van der Waals surface area contributed by atoms with Crippen LogP contribution in [-0.4, -0.2) is 50.1 Å². The first-order valence-electron chi connectivity index (χ1n) is 20.3. The van der Waals surface area contributed by atoms with Crippen LogP contribution in [0.2, 0.25) is 0 Å². The van der Waals surface area contributed by atoms with Gasteiger partial charge in [-0.25, -0.2) is 0 Å². The van der Waals surface area contributed by atoms with E-state index in [9.17, 15) is 19.2 Å². The minimum absolute atomic E-state index is 0.0103. The van der Waals surface area contributed by atoms with Crippen molar-refractivity contribution in [3.05, 3.63) is 0 Å². The van der Waals surface area contributed by atoms with Crippen molar-refractivity contribution in [1.29, 1.82) is 0 Å². The number of ether oxygens (including phenoxy) is 2. The molecule has 0 aromatic carbocycles. The first kappa shape index (κ1) is 45.9. The summed E-state index contributed by atoms with van der Waals surface area (Å²) in [6, 6.07) is 0. The molecule has 0 aliphatic rings. The van der Waals surface area contributed by atoms with Gasteiger partial charge < -0.3 is 20.1 Å². The normalized spacial score (nSPS) is 12.3. The quantitative estimate of drug-likeness (QED) is 0.0509. The van der Waals surface area contributed by atoms with Gasteiger partial charge in [-0.05, 0) is 64.2 Å². The Morgan fingerprint density at radius 1 is 0.438 bits per heavy atom. The van der Waals surface area contributed by atoms with Crippen LogP contribution >= 0.6 is 0 Å². The molecule has 2 atom stereocenters. The first-order valence-corrected chi connectivity index (χ1v) is 20.3. The Labute approximate surface area is 295 Å². The van der Waals surface area contributed by atoms with E-state index in [1.165, 1.54) is 51.4 Å². The van der Waals surface area contributed by atoms with E-state index in [4.69, 9.17) is 9.47 Å². The largest absolute Gasteiger partial charge is 0.465 e. The van der Waals surface area contributed by atoms with Gasteiger partial charge in [0.1, 0.15) is 0 Å². The fourth-order valence-electron chi connectivity index (χ4n) is 6.02. The highest BCUT2D eigenvalue weighted by atomic mass is 16.5. The van der Waals surface area contributed by atoms with Gasteiger partial charge in [-0.15, -0.1) is 0 Å². The maximum Gasteiger partial charge on any atom is 0.308 e. The van der Waals surface area contributed by atoms with Crippen LogP contribution in [0.25, 0.3) is 0 Å². The summed E-state index contributed by atoms with van der Waals surface area (Å²) in [6.07, 6.45) is 26.4. The molecule has 0 aliphatic heterocycles. The number of nitrogens with one attached hydrogen (secondary N) is 2. The van der Waals surface area contributed by atoms with Crippen LogP contribution in [0.1, 0.15) is 195 Å². The lowest BCUT2D eigenvalue weighted by Crippen LogP contribution is -2.37. The number of hydrogen-bond acceptors (Lipinski definition) is 6. The predicted octanol–water partition coefficient (Wildman–Crippen LogP) is 9.76. The molecule has 2 unspecified atom stereocenters. The highest BCUT2D eigenvalue weighted by molar-refractivity contribution is 5.84. The van der Waals surface area contributed by atoms with E-state index in [1.54, 1.807) is 0 Å². The SMILES string of the molecule is CCCCCCCCC(CCCCCC)C(=O)OCCCCCCNC(=O)CNC(=O)CCCCCOC(=O)C(CCC)CCCCC. The van der Waals surface area contributed by atoms with Gasteiger partial charge >= 0.3 is 11.9 Å². The molecule has 0 saturated carbocycles. The van der Waals surface area contributed by atoms with E-state index >= 15 is 0 Å². The fourth-order valence-corrected chi connectivity index (χ4v) is 6.02. The highest BCUT2D eigenvalue weighted by Gasteiger charge is 2.20. The van der Waals surface area contributed by atoms with E-state index in [0.717, 1.165) is 103 Å². The van der Waals surface area contributed by atoms with Gasteiger partial charge in [0.25, 0.3) is 0 Å². The lowest BCUT2D eigenvalue weighted by Gasteiger charge is -2.16. The Morgan fingerprint density at radius 3 is 1.46 bits per heavy atom. The number of unbranched alkanes of at least 4 members (excludes halogenated alkanes) is 15. The third-order valence-electron chi connectivity index (χ3n) is 9.15. The third-order valence-corrected chi connectivity index (χ3v) is 9.15. The van der Waals surface area contributed by atoms with Crippen LogP contribution in [0.5, 0.6) is 0 Å². The Balaban J connectivity index is 3.90. The number of rotatable bonds is 35. The summed E-state index contributed by atoms with van der Waals surface area (Å²) in [5, 5.41) is 5.56. The molecule has 282 valence electrons. The van der Waals surface area contributed by atoms with E-state index in [2.05, 4.69) is 38.3 Å². The molecular weight excluding hydrogens is 604 g/mol. The van der Waals surface area contributed by atoms with Crippen molar-refractivity contribution in [2.24, 2.45) is 11.8 Å². The second kappa shape index (κ2) is 34.7. The van der Waals surface area contributed by atoms with Gasteiger partial charge in [-0.1, -0.05) is 124 Å². The van der Waals surface area contributed by atoms with E-state index in [0.29, 0.717) is 32.6 Å². The Hall–Kier alpha value is -2.12. The van der Waals surface area contributed by atoms with Crippen LogP contribution in [0.3, 0.4) is 0 Å². The summed E-state index contributed by atoms with van der Waals surface area (Å²) in [5.41, 5.74) is 0. The molecule has 2 N–H and O–H groups in total. The third kappa shape index (κ3) is 28.9. The first-order chi connectivity index (χ1) is 23.4. The number of esters is 2. The van der Waals surface area contributed by atoms with Gasteiger partial charge in [0.2, 0.25) is 11.8 Å². The van der Waals surface area contributed by atoms with Gasteiger partial charge in [-0.2, -0.15) is 0 Å². The summed E-state index contributed by atoms with van der Waals surface area (Å²) in [5.74, 6) is -0.344. The molecule has 8 heteroatoms. The molecule has 0 saturated heterocycles. The summed E-state index contributed by atoms with van der Waals surface area (Å²) >= 11 is 0. The Morgan fingerprint density at radius 2 is 0.875 bits per heavy atom. The maximum atomic E-state index is 12.8. The van der Waals surface area contributed by atoms with Crippen molar-refractivity contribution in [2.45, 2.75) is 195 Å². The summed E-state index contributed by atoms with van der Waals surface area (Å²) in [6.45, 7) is 10.1. The molecule has 2 amide bonds. The smallest absolute Gasteiger partial charge is 0.308 e. The summed E-state index contributed by atoms with van der Waals surface area (Å²) < 4.78 is 11.2. The van der Waals surface area contributed by atoms with Gasteiger partial charge in [0.15, 0.2) is 0 Å². The maximum absolute atomic E-state index is 12.8. The average Bonchev–Trinajstić information content (AvgIpc) is 3.08. The molecular formula is C40H76N2O6. The Kier molecular flexibility index (Phi) is 33.2. The zero-order chi connectivity index (χ0) is 35.5. The topological polar surface area (TPSA) is 111 Å². The minimum atomic E-state index is -0.180. The zero-order valence-electron chi connectivity index (χ0n) is 31.8. The van der Waals surface area contributed by atoms with Crippen LogP contribution in [0.15, 0.2) is 0 Å². The molecule has 0 bridgehead atoms. The lowest BCUT2D eigenvalue weighted by atomic mass is 9.94. The molecule has 0 aliphatic carbocycles. The van der Waals surface area contributed by atoms with Crippen LogP contribution in [0.4, 0.5) is 0 Å². The highest BCUT2D eigenvalue weighted by Crippen LogP contribution is 2.21. The average molecular weight is 681 g/mol. The summed E-state index contributed by atoms with van der Waals surface area (Å²) in [7, 11) is 0. The molecule has 0 rings (SSSR count). The molecule has 8 nitrogen and oxygen atoms in total. The molecule has 0 aromatic heterocycles. The van der Waals surface area contributed by atoms with Crippen LogP contribution < -0.4 is 10.6 Å². The molecule has 0 heterocycles. The second-order valence-corrected chi connectivity index (χ2v) is 13.8. The van der Waals surface area contributed by atoms with E-state index < -0.39 is 0 Å². The summed E-state index contributed by atoms with van der Waals surface area (Å²) in [4.78, 5) is 49.4. The van der Waals surface area contributed by atoms with Gasteiger partial charge in [0, 0.05) is 13.0 Å². The molecule has 0 aromatic rings. The van der Waals surface area contributed by atoms with E-state index in [-0.39, 0.29) is 42.1 Å². The fraction of sp³-hybridized carbons (Fsp3) is 0.900. The monoisotopic (exact) mass is 681 g/mol. The number of carbonyl (C=O) groups is 4. The zero-order valence-corrected chi connectivity index (χ0v) is 31.8. The van der Waals surface area contributed by atoms with Crippen molar-refractivity contribution >= 4 is 23.8 Å². The van der Waals surface area contributed by atoms with Crippen molar-refractivity contribution in [3.63, 3.8) is 0 Å². The molecule has 0 fully saturated rings. The Bertz CT molecular complexity index is 790. The van der Waals surface area contributed by atoms with Gasteiger partial charge in [-0.3, -0.25) is 19.2 Å². The van der Waals surface area contributed by atoms with E-state index in [1.807, 2.05) is 0 Å². The second-order valence-electron chi connectivity index (χ2n) is 13.8. The van der Waals surface area contributed by atoms with Crippen LogP contribution in [0, 0.1) is 11.8 Å². The van der Waals surface area contributed by atoms with Crippen molar-refractivity contribution in [1.82, 2.24) is 10.6 Å².